The van der Waals surface area contributed by atoms with E-state index < -0.39 is 11.6 Å². The molecule has 1 fully saturated rings. The lowest BCUT2D eigenvalue weighted by atomic mass is 9.92. The minimum absolute atomic E-state index is 0. The Morgan fingerprint density at radius 2 is 2.10 bits per heavy atom. The lowest BCUT2D eigenvalue weighted by Crippen LogP contribution is -2.49. The van der Waals surface area contributed by atoms with E-state index >= 15 is 0 Å². The van der Waals surface area contributed by atoms with Crippen molar-refractivity contribution in [2.24, 2.45) is 11.7 Å². The molecule has 0 bridgehead atoms. The number of halogens is 3. The molecule has 2 unspecified atom stereocenters. The van der Waals surface area contributed by atoms with Crippen LogP contribution in [0.3, 0.4) is 0 Å². The monoisotopic (exact) mass is 304 g/mol. The van der Waals surface area contributed by atoms with Gasteiger partial charge in [0.05, 0.1) is 0 Å². The number of nitrogens with zero attached hydrogens (tertiary/aromatic N) is 1. The summed E-state index contributed by atoms with van der Waals surface area (Å²) < 4.78 is 26.1. The molecule has 2 atom stereocenters. The van der Waals surface area contributed by atoms with E-state index in [1.165, 1.54) is 6.07 Å². The largest absolute Gasteiger partial charge is 0.334 e. The van der Waals surface area contributed by atoms with Crippen LogP contribution in [0.4, 0.5) is 8.78 Å². The van der Waals surface area contributed by atoms with Crippen molar-refractivity contribution in [2.45, 2.75) is 25.8 Å². The van der Waals surface area contributed by atoms with Crippen LogP contribution < -0.4 is 5.73 Å². The molecule has 0 aliphatic carbocycles. The molecule has 1 aliphatic heterocycles. The number of benzene rings is 1. The second-order valence-corrected chi connectivity index (χ2v) is 5.15. The van der Waals surface area contributed by atoms with Crippen molar-refractivity contribution < 1.29 is 13.6 Å². The minimum atomic E-state index is -1.000. The van der Waals surface area contributed by atoms with Crippen LogP contribution in [-0.4, -0.2) is 29.9 Å². The maximum absolute atomic E-state index is 13.2. The number of nitrogens with two attached hydrogens (primary N) is 1. The topological polar surface area (TPSA) is 46.3 Å². The van der Waals surface area contributed by atoms with Crippen molar-refractivity contribution in [3.8, 4) is 0 Å². The number of piperidine rings is 1. The molecule has 112 valence electrons. The number of rotatable bonds is 2. The average molecular weight is 305 g/mol. The molecule has 20 heavy (non-hydrogen) atoms. The molecule has 0 radical (unpaired) electrons. The molecule has 1 aromatic rings. The first-order chi connectivity index (χ1) is 9.02. The highest BCUT2D eigenvalue weighted by molar-refractivity contribution is 5.94. The van der Waals surface area contributed by atoms with Crippen LogP contribution in [-0.2, 0) is 0 Å². The Labute approximate surface area is 123 Å². The highest BCUT2D eigenvalue weighted by atomic mass is 35.5. The summed E-state index contributed by atoms with van der Waals surface area (Å²) in [5, 5.41) is 0. The van der Waals surface area contributed by atoms with Gasteiger partial charge >= 0.3 is 0 Å². The Hall–Kier alpha value is -1.20. The molecule has 0 aromatic heterocycles. The lowest BCUT2D eigenvalue weighted by molar-refractivity contribution is 0.0573. The first-order valence-electron chi connectivity index (χ1n) is 6.49. The van der Waals surface area contributed by atoms with Crippen LogP contribution in [0.25, 0.3) is 0 Å². The standard InChI is InChI=1S/C14H18F2N2O.ClH/c1-9-4-5-18(11(6-9)8-17)14(19)10-2-3-12(15)13(16)7-10;/h2-3,7,9,11H,4-6,8,17H2,1H3;1H. The summed E-state index contributed by atoms with van der Waals surface area (Å²) in [5.41, 5.74) is 5.87. The Bertz CT molecular complexity index is 484. The third-order valence-electron chi connectivity index (χ3n) is 3.68. The number of carbonyl (C=O) groups excluding carboxylic acids is 1. The molecule has 1 saturated heterocycles. The zero-order valence-electron chi connectivity index (χ0n) is 11.3. The molecule has 1 aromatic carbocycles. The van der Waals surface area contributed by atoms with Crippen molar-refractivity contribution in [1.82, 2.24) is 4.90 Å². The first kappa shape index (κ1) is 16.9. The van der Waals surface area contributed by atoms with E-state index in [2.05, 4.69) is 6.92 Å². The fraction of sp³-hybridized carbons (Fsp3) is 0.500. The SMILES string of the molecule is CC1CCN(C(=O)c2ccc(F)c(F)c2)C(CN)C1.Cl. The molecule has 6 heteroatoms. The van der Waals surface area contributed by atoms with E-state index in [9.17, 15) is 13.6 Å². The Morgan fingerprint density at radius 1 is 1.40 bits per heavy atom. The summed E-state index contributed by atoms with van der Waals surface area (Å²) >= 11 is 0. The van der Waals surface area contributed by atoms with E-state index in [1.54, 1.807) is 4.90 Å². The molecule has 0 saturated carbocycles. The lowest BCUT2D eigenvalue weighted by Gasteiger charge is -2.38. The van der Waals surface area contributed by atoms with Gasteiger partial charge in [-0.1, -0.05) is 6.92 Å². The number of hydrogen-bond donors (Lipinski definition) is 1. The van der Waals surface area contributed by atoms with Gasteiger partial charge in [-0.05, 0) is 37.0 Å². The predicted molar refractivity (Wildman–Crippen MR) is 75.9 cm³/mol. The molecule has 2 N–H and O–H groups in total. The molecular formula is C14H19ClF2N2O. The second kappa shape index (κ2) is 6.99. The summed E-state index contributed by atoms with van der Waals surface area (Å²) in [7, 11) is 0. The second-order valence-electron chi connectivity index (χ2n) is 5.15. The van der Waals surface area contributed by atoms with Crippen LogP contribution in [0, 0.1) is 17.6 Å². The Kier molecular flexibility index (Phi) is 5.89. The normalized spacial score (nSPS) is 22.3. The zero-order valence-corrected chi connectivity index (χ0v) is 12.1. The van der Waals surface area contributed by atoms with Crippen molar-refractivity contribution >= 4 is 18.3 Å². The van der Waals surface area contributed by atoms with Gasteiger partial charge in [0.15, 0.2) is 11.6 Å². The van der Waals surface area contributed by atoms with Crippen molar-refractivity contribution in [2.75, 3.05) is 13.1 Å². The molecule has 2 rings (SSSR count). The number of carbonyl (C=O) groups is 1. The summed E-state index contributed by atoms with van der Waals surface area (Å²) in [4.78, 5) is 14.0. The van der Waals surface area contributed by atoms with Crippen LogP contribution in [0.5, 0.6) is 0 Å². The summed E-state index contributed by atoms with van der Waals surface area (Å²) in [6, 6.07) is 3.21. The molecule has 0 spiro atoms. The molecule has 1 amide bonds. The predicted octanol–water partition coefficient (Wildman–Crippen LogP) is 2.59. The van der Waals surface area contributed by atoms with Crippen molar-refractivity contribution in [3.63, 3.8) is 0 Å². The number of likely N-dealkylation sites (tertiary alicyclic amines) is 1. The Morgan fingerprint density at radius 3 is 2.70 bits per heavy atom. The zero-order chi connectivity index (χ0) is 14.0. The summed E-state index contributed by atoms with van der Waals surface area (Å²) in [5.74, 6) is -1.69. The van der Waals surface area contributed by atoms with Crippen LogP contribution in [0.1, 0.15) is 30.1 Å². The maximum Gasteiger partial charge on any atom is 0.254 e. The number of hydrogen-bond acceptors (Lipinski definition) is 2. The number of amides is 1. The maximum atomic E-state index is 13.2. The van der Waals surface area contributed by atoms with Gasteiger partial charge in [0.1, 0.15) is 0 Å². The van der Waals surface area contributed by atoms with Crippen LogP contribution in [0.2, 0.25) is 0 Å². The molecule has 3 nitrogen and oxygen atoms in total. The van der Waals surface area contributed by atoms with Gasteiger partial charge in [0, 0.05) is 24.7 Å². The third-order valence-corrected chi connectivity index (χ3v) is 3.68. The van der Waals surface area contributed by atoms with Gasteiger partial charge in [-0.15, -0.1) is 12.4 Å². The van der Waals surface area contributed by atoms with Gasteiger partial charge in [0.2, 0.25) is 0 Å². The van der Waals surface area contributed by atoms with E-state index in [0.29, 0.717) is 19.0 Å². The summed E-state index contributed by atoms with van der Waals surface area (Å²) in [6.45, 7) is 3.13. The fourth-order valence-corrected chi connectivity index (χ4v) is 2.54. The van der Waals surface area contributed by atoms with Crippen LogP contribution in [0.15, 0.2) is 18.2 Å². The van der Waals surface area contributed by atoms with Gasteiger partial charge in [-0.2, -0.15) is 0 Å². The quantitative estimate of drug-likeness (QED) is 0.913. The third kappa shape index (κ3) is 3.46. The van der Waals surface area contributed by atoms with Gasteiger partial charge < -0.3 is 10.6 Å². The fourth-order valence-electron chi connectivity index (χ4n) is 2.54. The van der Waals surface area contributed by atoms with E-state index in [0.717, 1.165) is 25.0 Å². The van der Waals surface area contributed by atoms with Gasteiger partial charge in [0.25, 0.3) is 5.91 Å². The highest BCUT2D eigenvalue weighted by Gasteiger charge is 2.29. The highest BCUT2D eigenvalue weighted by Crippen LogP contribution is 2.24. The molecular weight excluding hydrogens is 286 g/mol. The van der Waals surface area contributed by atoms with E-state index in [-0.39, 0.29) is 29.9 Å². The van der Waals surface area contributed by atoms with Crippen molar-refractivity contribution in [1.29, 1.82) is 0 Å². The minimum Gasteiger partial charge on any atom is -0.334 e. The van der Waals surface area contributed by atoms with Gasteiger partial charge in [-0.3, -0.25) is 4.79 Å². The van der Waals surface area contributed by atoms with E-state index in [1.807, 2.05) is 0 Å². The first-order valence-corrected chi connectivity index (χ1v) is 6.49. The van der Waals surface area contributed by atoms with Gasteiger partial charge in [-0.25, -0.2) is 8.78 Å². The van der Waals surface area contributed by atoms with E-state index in [4.69, 9.17) is 5.73 Å². The smallest absolute Gasteiger partial charge is 0.254 e. The summed E-state index contributed by atoms with van der Waals surface area (Å²) in [6.07, 6.45) is 1.76. The van der Waals surface area contributed by atoms with Crippen LogP contribution >= 0.6 is 12.4 Å². The van der Waals surface area contributed by atoms with Crippen molar-refractivity contribution in [3.05, 3.63) is 35.4 Å². The average Bonchev–Trinajstić information content (AvgIpc) is 2.41. The molecule has 1 aliphatic rings. The Balaban J connectivity index is 0.00000200. The molecule has 1 heterocycles.